The Hall–Kier alpha value is -0.850. The lowest BCUT2D eigenvalue weighted by Gasteiger charge is -2.18. The van der Waals surface area contributed by atoms with E-state index in [1.54, 1.807) is 0 Å². The van der Waals surface area contributed by atoms with E-state index in [1.165, 1.54) is 12.1 Å². The van der Waals surface area contributed by atoms with Crippen molar-refractivity contribution >= 4 is 0 Å². The molecule has 1 aliphatic heterocycles. The third kappa shape index (κ3) is 0.727. The molecule has 0 aromatic rings. The number of hydrogen-bond acceptors (Lipinski definition) is 1. The maximum atomic E-state index is 3.34. The smallest absolute Gasteiger partial charge is 0.00206 e. The van der Waals surface area contributed by atoms with E-state index in [9.17, 15) is 0 Å². The highest BCUT2D eigenvalue weighted by atomic mass is 14.9. The van der Waals surface area contributed by atoms with E-state index >= 15 is 0 Å². The molecule has 0 bridgehead atoms. The third-order valence-electron chi connectivity index (χ3n) is 1.91. The summed E-state index contributed by atoms with van der Waals surface area (Å²) in [4.78, 5) is 0. The predicted octanol–water partition coefficient (Wildman–Crippen LogP) is 1.25. The summed E-state index contributed by atoms with van der Waals surface area (Å²) < 4.78 is 0. The molecule has 2 aliphatic rings. The van der Waals surface area contributed by atoms with Crippen LogP contribution in [0.2, 0.25) is 0 Å². The van der Waals surface area contributed by atoms with Crippen LogP contribution in [-0.4, -0.2) is 6.54 Å². The second-order valence-electron chi connectivity index (χ2n) is 2.52. The Balaban J connectivity index is 2.22. The normalized spacial score (nSPS) is 30.2. The Kier molecular flexibility index (Phi) is 1.01. The van der Waals surface area contributed by atoms with Crippen molar-refractivity contribution < 1.29 is 0 Å². The highest BCUT2D eigenvalue weighted by molar-refractivity contribution is 5.28. The van der Waals surface area contributed by atoms with Crippen LogP contribution in [0.25, 0.3) is 0 Å². The molecule has 0 saturated carbocycles. The minimum absolute atomic E-state index is 0.704. The van der Waals surface area contributed by atoms with E-state index in [1.807, 2.05) is 0 Å². The summed E-state index contributed by atoms with van der Waals surface area (Å²) in [5, 5.41) is 3.34. The standard InChI is InChI=1S/C8H10N/c1-2-4-8-7(3-1)5-6-9-8/h1-4,7,9H,5-6H2/q-1. The fourth-order valence-corrected chi connectivity index (χ4v) is 1.40. The van der Waals surface area contributed by atoms with Crippen LogP contribution < -0.4 is 5.32 Å². The Morgan fingerprint density at radius 2 is 2.67 bits per heavy atom. The molecule has 1 saturated heterocycles. The van der Waals surface area contributed by atoms with Gasteiger partial charge in [-0.15, -0.1) is 0 Å². The van der Waals surface area contributed by atoms with Gasteiger partial charge in [-0.25, -0.2) is 0 Å². The lowest BCUT2D eigenvalue weighted by atomic mass is 10.00. The average molecular weight is 120 g/mol. The first-order valence-corrected chi connectivity index (χ1v) is 3.42. The summed E-state index contributed by atoms with van der Waals surface area (Å²) in [7, 11) is 0. The largest absolute Gasteiger partial charge is 0.439 e. The minimum atomic E-state index is 0.704. The molecule has 0 amide bonds. The molecule has 1 fully saturated rings. The molecule has 48 valence electrons. The van der Waals surface area contributed by atoms with Crippen molar-refractivity contribution in [1.82, 2.24) is 5.32 Å². The number of hydrogen-bond donors (Lipinski definition) is 1. The van der Waals surface area contributed by atoms with Gasteiger partial charge in [0.25, 0.3) is 0 Å². The maximum Gasteiger partial charge on any atom is 0.00206 e. The van der Waals surface area contributed by atoms with Crippen molar-refractivity contribution in [2.45, 2.75) is 6.42 Å². The highest BCUT2D eigenvalue weighted by Crippen LogP contribution is 2.23. The lowest BCUT2D eigenvalue weighted by Crippen LogP contribution is -2.07. The number of allylic oxidation sites excluding steroid dienone is 3. The second-order valence-corrected chi connectivity index (χ2v) is 2.52. The van der Waals surface area contributed by atoms with Crippen LogP contribution in [0, 0.1) is 12.3 Å². The third-order valence-corrected chi connectivity index (χ3v) is 1.91. The molecular formula is C8H10N-. The van der Waals surface area contributed by atoms with Crippen molar-refractivity contribution in [1.29, 1.82) is 0 Å². The molecule has 1 N–H and O–H groups in total. The van der Waals surface area contributed by atoms with Crippen molar-refractivity contribution in [3.8, 4) is 0 Å². The van der Waals surface area contributed by atoms with Crippen LogP contribution in [-0.2, 0) is 0 Å². The van der Waals surface area contributed by atoms with Crippen molar-refractivity contribution in [3.05, 3.63) is 30.3 Å². The van der Waals surface area contributed by atoms with Gasteiger partial charge in [-0.05, 0) is 6.42 Å². The molecule has 1 atom stereocenters. The van der Waals surface area contributed by atoms with E-state index in [-0.39, 0.29) is 0 Å². The molecule has 1 heterocycles. The van der Waals surface area contributed by atoms with Crippen molar-refractivity contribution in [3.63, 3.8) is 0 Å². The average Bonchev–Trinajstić information content (AvgIpc) is 2.33. The molecule has 0 radical (unpaired) electrons. The van der Waals surface area contributed by atoms with Gasteiger partial charge in [0.1, 0.15) is 0 Å². The minimum Gasteiger partial charge on any atom is -0.439 e. The molecule has 0 spiro atoms. The molecule has 1 heteroatoms. The lowest BCUT2D eigenvalue weighted by molar-refractivity contribution is 0.790. The van der Waals surface area contributed by atoms with Crippen molar-refractivity contribution in [2.24, 2.45) is 5.92 Å². The Morgan fingerprint density at radius 1 is 1.67 bits per heavy atom. The van der Waals surface area contributed by atoms with Crippen LogP contribution in [0.1, 0.15) is 6.42 Å². The molecule has 9 heavy (non-hydrogen) atoms. The fraction of sp³-hybridized carbons (Fsp3) is 0.375. The second kappa shape index (κ2) is 1.83. The summed E-state index contributed by atoms with van der Waals surface area (Å²) in [5.41, 5.74) is 1.40. The van der Waals surface area contributed by atoms with Crippen LogP contribution in [0.4, 0.5) is 0 Å². The van der Waals surface area contributed by atoms with Crippen LogP contribution in [0.15, 0.2) is 23.9 Å². The molecule has 1 aliphatic carbocycles. The summed E-state index contributed by atoms with van der Waals surface area (Å²) in [6.45, 7) is 1.15. The molecule has 2 rings (SSSR count). The van der Waals surface area contributed by atoms with Crippen LogP contribution >= 0.6 is 0 Å². The van der Waals surface area contributed by atoms with Gasteiger partial charge >= 0.3 is 0 Å². The van der Waals surface area contributed by atoms with Crippen molar-refractivity contribution in [2.75, 3.05) is 6.54 Å². The van der Waals surface area contributed by atoms with Gasteiger partial charge in [-0.1, -0.05) is 11.6 Å². The van der Waals surface area contributed by atoms with Gasteiger partial charge in [-0.3, -0.25) is 0 Å². The number of rotatable bonds is 0. The maximum absolute atomic E-state index is 3.34. The van der Waals surface area contributed by atoms with Gasteiger partial charge in [-0.2, -0.15) is 24.6 Å². The zero-order valence-electron chi connectivity index (χ0n) is 5.30. The summed E-state index contributed by atoms with van der Waals surface area (Å²) in [5.74, 6) is 0.704. The van der Waals surface area contributed by atoms with E-state index in [4.69, 9.17) is 0 Å². The molecule has 1 unspecified atom stereocenters. The van der Waals surface area contributed by atoms with E-state index < -0.39 is 0 Å². The summed E-state index contributed by atoms with van der Waals surface area (Å²) in [6.07, 6.45) is 9.91. The Bertz CT molecular complexity index is 167. The summed E-state index contributed by atoms with van der Waals surface area (Å²) >= 11 is 0. The van der Waals surface area contributed by atoms with Gasteiger partial charge < -0.3 is 5.32 Å². The van der Waals surface area contributed by atoms with E-state index in [0.717, 1.165) is 6.54 Å². The first-order chi connectivity index (χ1) is 4.47. The molecule has 0 aromatic heterocycles. The molecule has 0 aromatic carbocycles. The van der Waals surface area contributed by atoms with E-state index in [2.05, 4.69) is 30.0 Å². The summed E-state index contributed by atoms with van der Waals surface area (Å²) in [6, 6.07) is 0. The van der Waals surface area contributed by atoms with Crippen LogP contribution in [0.3, 0.4) is 0 Å². The molecular weight excluding hydrogens is 110 g/mol. The highest BCUT2D eigenvalue weighted by Gasteiger charge is 2.10. The quantitative estimate of drug-likeness (QED) is 0.474. The van der Waals surface area contributed by atoms with Gasteiger partial charge in [0.2, 0.25) is 0 Å². The van der Waals surface area contributed by atoms with Gasteiger partial charge in [0.05, 0.1) is 0 Å². The Morgan fingerprint density at radius 3 is 3.56 bits per heavy atom. The SMILES string of the molecule is C1=CC2CCNC2=C[CH-]1. The first kappa shape index (κ1) is 4.98. The van der Waals surface area contributed by atoms with Gasteiger partial charge in [0, 0.05) is 6.54 Å². The first-order valence-electron chi connectivity index (χ1n) is 3.42. The zero-order valence-corrected chi connectivity index (χ0v) is 5.30. The monoisotopic (exact) mass is 120 g/mol. The Labute approximate surface area is 55.5 Å². The predicted molar refractivity (Wildman–Crippen MR) is 37.6 cm³/mol. The van der Waals surface area contributed by atoms with Crippen LogP contribution in [0.5, 0.6) is 0 Å². The zero-order chi connectivity index (χ0) is 6.10. The number of fused-ring (bicyclic) bond motifs is 1. The molecule has 1 nitrogen and oxygen atoms in total. The fourth-order valence-electron chi connectivity index (χ4n) is 1.40. The topological polar surface area (TPSA) is 12.0 Å². The number of nitrogens with one attached hydrogen (secondary N) is 1. The van der Waals surface area contributed by atoms with Gasteiger partial charge in [0.15, 0.2) is 0 Å². The van der Waals surface area contributed by atoms with E-state index in [0.29, 0.717) is 5.92 Å².